The van der Waals surface area contributed by atoms with E-state index in [0.29, 0.717) is 10.2 Å². The molecular weight excluding hydrogens is 256 g/mol. The predicted octanol–water partition coefficient (Wildman–Crippen LogP) is 1.02. The molecule has 4 N–H and O–H groups in total. The lowest BCUT2D eigenvalue weighted by Crippen LogP contribution is -2.02. The van der Waals surface area contributed by atoms with Crippen LogP contribution in [0.5, 0.6) is 0 Å². The highest BCUT2D eigenvalue weighted by Crippen LogP contribution is 2.29. The molecule has 0 saturated carbocycles. The zero-order chi connectivity index (χ0) is 10.2. The van der Waals surface area contributed by atoms with E-state index < -0.39 is 9.84 Å². The Morgan fingerprint density at radius 3 is 2.23 bits per heavy atom. The predicted molar refractivity (Wildman–Crippen MR) is 56.1 cm³/mol. The molecule has 0 aromatic heterocycles. The third kappa shape index (κ3) is 2.13. The summed E-state index contributed by atoms with van der Waals surface area (Å²) in [4.78, 5) is 0.158. The minimum atomic E-state index is -3.23. The Morgan fingerprint density at radius 2 is 1.85 bits per heavy atom. The Balaban J connectivity index is 3.47. The van der Waals surface area contributed by atoms with Crippen LogP contribution in [0.3, 0.4) is 0 Å². The third-order valence-corrected chi connectivity index (χ3v) is 3.31. The van der Waals surface area contributed by atoms with E-state index in [0.717, 1.165) is 6.26 Å². The van der Waals surface area contributed by atoms with E-state index in [1.54, 1.807) is 0 Å². The highest BCUT2D eigenvalue weighted by molar-refractivity contribution is 9.10. The molecule has 0 atom stereocenters. The first-order chi connectivity index (χ1) is 5.82. The van der Waals surface area contributed by atoms with Gasteiger partial charge in [0.1, 0.15) is 0 Å². The van der Waals surface area contributed by atoms with Crippen molar-refractivity contribution < 1.29 is 8.42 Å². The van der Waals surface area contributed by atoms with Crippen LogP contribution in [0, 0.1) is 0 Å². The maximum atomic E-state index is 11.1. The van der Waals surface area contributed by atoms with Crippen LogP contribution in [-0.2, 0) is 9.84 Å². The highest BCUT2D eigenvalue weighted by atomic mass is 79.9. The average molecular weight is 265 g/mol. The molecule has 0 aliphatic carbocycles. The van der Waals surface area contributed by atoms with Gasteiger partial charge in [-0.3, -0.25) is 0 Å². The first-order valence-electron chi connectivity index (χ1n) is 3.37. The van der Waals surface area contributed by atoms with Crippen molar-refractivity contribution >= 4 is 37.1 Å². The molecule has 0 amide bonds. The van der Waals surface area contributed by atoms with Gasteiger partial charge in [-0.25, -0.2) is 8.42 Å². The standard InChI is InChI=1S/C7H9BrN2O2S/c1-13(11,12)4-2-5(8)7(10)6(9)3-4/h2-3H,9-10H2,1H3. The van der Waals surface area contributed by atoms with Gasteiger partial charge in [-0.15, -0.1) is 0 Å². The summed E-state index contributed by atoms with van der Waals surface area (Å²) >= 11 is 3.12. The van der Waals surface area contributed by atoms with Gasteiger partial charge in [0.25, 0.3) is 0 Å². The fraction of sp³-hybridized carbons (Fsp3) is 0.143. The number of hydrogen-bond donors (Lipinski definition) is 2. The van der Waals surface area contributed by atoms with Crippen LogP contribution in [0.1, 0.15) is 0 Å². The molecule has 6 heteroatoms. The monoisotopic (exact) mass is 264 g/mol. The molecule has 0 fully saturated rings. The van der Waals surface area contributed by atoms with Gasteiger partial charge >= 0.3 is 0 Å². The van der Waals surface area contributed by atoms with Gasteiger partial charge in [-0.1, -0.05) is 0 Å². The molecule has 4 nitrogen and oxygen atoms in total. The van der Waals surface area contributed by atoms with Crippen LogP contribution < -0.4 is 11.5 Å². The lowest BCUT2D eigenvalue weighted by atomic mass is 10.3. The van der Waals surface area contributed by atoms with Crippen molar-refractivity contribution in [2.75, 3.05) is 17.7 Å². The SMILES string of the molecule is CS(=O)(=O)c1cc(N)c(N)c(Br)c1. The van der Waals surface area contributed by atoms with Crippen molar-refractivity contribution in [3.63, 3.8) is 0 Å². The smallest absolute Gasteiger partial charge is 0.175 e. The van der Waals surface area contributed by atoms with E-state index in [4.69, 9.17) is 11.5 Å². The van der Waals surface area contributed by atoms with E-state index in [1.165, 1.54) is 12.1 Å². The highest BCUT2D eigenvalue weighted by Gasteiger charge is 2.11. The molecule has 1 aromatic rings. The molecule has 0 radical (unpaired) electrons. The minimum Gasteiger partial charge on any atom is -0.397 e. The molecule has 72 valence electrons. The number of halogens is 1. The fourth-order valence-electron chi connectivity index (χ4n) is 0.827. The van der Waals surface area contributed by atoms with E-state index in [1.807, 2.05) is 0 Å². The summed E-state index contributed by atoms with van der Waals surface area (Å²) in [6, 6.07) is 2.77. The maximum Gasteiger partial charge on any atom is 0.175 e. The van der Waals surface area contributed by atoms with E-state index in [9.17, 15) is 8.42 Å². The van der Waals surface area contributed by atoms with Gasteiger partial charge < -0.3 is 11.5 Å². The van der Waals surface area contributed by atoms with Crippen LogP contribution >= 0.6 is 15.9 Å². The summed E-state index contributed by atoms with van der Waals surface area (Å²) in [5.74, 6) is 0. The number of anilines is 2. The Hall–Kier alpha value is -0.750. The van der Waals surface area contributed by atoms with Crippen LogP contribution in [-0.4, -0.2) is 14.7 Å². The summed E-state index contributed by atoms with van der Waals surface area (Å²) in [7, 11) is -3.23. The van der Waals surface area contributed by atoms with Gasteiger partial charge in [0.15, 0.2) is 9.84 Å². The second kappa shape index (κ2) is 3.19. The average Bonchev–Trinajstić information content (AvgIpc) is 1.97. The summed E-state index contributed by atoms with van der Waals surface area (Å²) < 4.78 is 22.8. The summed E-state index contributed by atoms with van der Waals surface area (Å²) in [5, 5.41) is 0. The van der Waals surface area contributed by atoms with Gasteiger partial charge in [-0.2, -0.15) is 0 Å². The van der Waals surface area contributed by atoms with Gasteiger partial charge in [0.2, 0.25) is 0 Å². The number of rotatable bonds is 1. The quantitative estimate of drug-likeness (QED) is 0.742. The lowest BCUT2D eigenvalue weighted by Gasteiger charge is -2.05. The topological polar surface area (TPSA) is 86.2 Å². The third-order valence-electron chi connectivity index (χ3n) is 1.56. The number of nitrogens with two attached hydrogens (primary N) is 2. The Bertz CT molecular complexity index is 419. The summed E-state index contributed by atoms with van der Waals surface area (Å²) in [6.45, 7) is 0. The molecule has 13 heavy (non-hydrogen) atoms. The Labute approximate surface area is 85.0 Å². The molecule has 1 aromatic carbocycles. The molecule has 0 heterocycles. The lowest BCUT2D eigenvalue weighted by molar-refractivity contribution is 0.602. The first kappa shape index (κ1) is 10.3. The summed E-state index contributed by atoms with van der Waals surface area (Å²) in [6.07, 6.45) is 1.12. The molecule has 0 unspecified atom stereocenters. The zero-order valence-electron chi connectivity index (χ0n) is 6.91. The Morgan fingerprint density at radius 1 is 1.31 bits per heavy atom. The van der Waals surface area contributed by atoms with Gasteiger partial charge in [-0.05, 0) is 28.1 Å². The van der Waals surface area contributed by atoms with Crippen LogP contribution in [0.4, 0.5) is 11.4 Å². The van der Waals surface area contributed by atoms with E-state index in [2.05, 4.69) is 15.9 Å². The largest absolute Gasteiger partial charge is 0.397 e. The number of nitrogen functional groups attached to an aromatic ring is 2. The van der Waals surface area contributed by atoms with Crippen LogP contribution in [0.25, 0.3) is 0 Å². The van der Waals surface area contributed by atoms with E-state index in [-0.39, 0.29) is 10.6 Å². The second-order valence-corrected chi connectivity index (χ2v) is 5.55. The zero-order valence-corrected chi connectivity index (χ0v) is 9.31. The normalized spacial score (nSPS) is 11.5. The van der Waals surface area contributed by atoms with Gasteiger partial charge in [0, 0.05) is 10.7 Å². The van der Waals surface area contributed by atoms with Crippen molar-refractivity contribution in [1.29, 1.82) is 0 Å². The molecule has 0 aliphatic rings. The fourth-order valence-corrected chi connectivity index (χ4v) is 2.13. The maximum absolute atomic E-state index is 11.1. The van der Waals surface area contributed by atoms with Crippen LogP contribution in [0.2, 0.25) is 0 Å². The Kier molecular flexibility index (Phi) is 2.53. The number of sulfone groups is 1. The molecule has 0 aliphatic heterocycles. The van der Waals surface area contributed by atoms with Crippen LogP contribution in [0.15, 0.2) is 21.5 Å². The van der Waals surface area contributed by atoms with Crippen molar-refractivity contribution in [1.82, 2.24) is 0 Å². The summed E-state index contributed by atoms with van der Waals surface area (Å²) in [5.41, 5.74) is 11.6. The van der Waals surface area contributed by atoms with Crippen molar-refractivity contribution in [2.45, 2.75) is 4.90 Å². The van der Waals surface area contributed by atoms with Crippen molar-refractivity contribution in [3.8, 4) is 0 Å². The number of hydrogen-bond acceptors (Lipinski definition) is 4. The van der Waals surface area contributed by atoms with Crippen molar-refractivity contribution in [3.05, 3.63) is 16.6 Å². The first-order valence-corrected chi connectivity index (χ1v) is 6.05. The molecular formula is C7H9BrN2O2S. The van der Waals surface area contributed by atoms with E-state index >= 15 is 0 Å². The molecule has 0 bridgehead atoms. The van der Waals surface area contributed by atoms with Crippen molar-refractivity contribution in [2.24, 2.45) is 0 Å². The molecule has 0 saturated heterocycles. The molecule has 0 spiro atoms. The second-order valence-electron chi connectivity index (χ2n) is 2.68. The van der Waals surface area contributed by atoms with Gasteiger partial charge in [0.05, 0.1) is 16.3 Å². The number of benzene rings is 1. The molecule has 1 rings (SSSR count). The minimum absolute atomic E-state index is 0.158.